The summed E-state index contributed by atoms with van der Waals surface area (Å²) in [5.41, 5.74) is 2.35. The molecule has 1 aromatic carbocycles. The highest BCUT2D eigenvalue weighted by Crippen LogP contribution is 2.18. The second-order valence-corrected chi connectivity index (χ2v) is 4.28. The number of nitriles is 1. The van der Waals surface area contributed by atoms with Gasteiger partial charge in [0, 0.05) is 34.5 Å². The van der Waals surface area contributed by atoms with Crippen LogP contribution in [0.2, 0.25) is 0 Å². The quantitative estimate of drug-likeness (QED) is 0.745. The highest BCUT2D eigenvalue weighted by molar-refractivity contribution is 6.05. The van der Waals surface area contributed by atoms with Crippen LogP contribution >= 0.6 is 0 Å². The number of hydrogen-bond donors (Lipinski definition) is 2. The van der Waals surface area contributed by atoms with E-state index in [4.69, 9.17) is 5.26 Å². The van der Waals surface area contributed by atoms with Crippen molar-refractivity contribution in [1.29, 1.82) is 5.26 Å². The summed E-state index contributed by atoms with van der Waals surface area (Å²) in [6.07, 6.45) is 3.29. The summed E-state index contributed by atoms with van der Waals surface area (Å²) in [6, 6.07) is 12.5. The number of nitrogens with one attached hydrogen (secondary N) is 2. The smallest absolute Gasteiger partial charge is 0.255 e. The summed E-state index contributed by atoms with van der Waals surface area (Å²) in [6.45, 7) is 0. The molecule has 5 nitrogen and oxygen atoms in total. The highest BCUT2D eigenvalue weighted by Gasteiger charge is 2.07. The standard InChI is InChI=1S/C15H10N4O/c16-9-13-8-11(4-5-17-13)15(20)19-12-1-2-14-10(7-12)3-6-18-14/h1-8,18H,(H,19,20). The molecule has 0 aliphatic heterocycles. The molecule has 0 fully saturated rings. The van der Waals surface area contributed by atoms with Crippen LogP contribution in [0.1, 0.15) is 16.1 Å². The Hall–Kier alpha value is -3.13. The molecule has 0 aliphatic rings. The van der Waals surface area contributed by atoms with Crippen molar-refractivity contribution in [2.45, 2.75) is 0 Å². The zero-order valence-corrected chi connectivity index (χ0v) is 10.4. The number of amides is 1. The Kier molecular flexibility index (Phi) is 2.90. The molecule has 0 atom stereocenters. The summed E-state index contributed by atoms with van der Waals surface area (Å²) >= 11 is 0. The maximum absolute atomic E-state index is 12.1. The molecular formula is C15H10N4O. The maximum atomic E-state index is 12.1. The third-order valence-electron chi connectivity index (χ3n) is 2.95. The van der Waals surface area contributed by atoms with E-state index in [1.165, 1.54) is 12.3 Å². The van der Waals surface area contributed by atoms with E-state index in [0.717, 1.165) is 10.9 Å². The molecule has 0 unspecified atom stereocenters. The van der Waals surface area contributed by atoms with E-state index in [1.807, 2.05) is 36.5 Å². The molecule has 3 rings (SSSR count). The lowest BCUT2D eigenvalue weighted by molar-refractivity contribution is 0.102. The van der Waals surface area contributed by atoms with E-state index in [0.29, 0.717) is 11.3 Å². The Bertz CT molecular complexity index is 829. The lowest BCUT2D eigenvalue weighted by Gasteiger charge is -2.05. The first-order chi connectivity index (χ1) is 9.76. The third-order valence-corrected chi connectivity index (χ3v) is 2.95. The van der Waals surface area contributed by atoms with Gasteiger partial charge >= 0.3 is 0 Å². The zero-order chi connectivity index (χ0) is 13.9. The maximum Gasteiger partial charge on any atom is 0.255 e. The Balaban J connectivity index is 1.86. The van der Waals surface area contributed by atoms with Gasteiger partial charge in [0.1, 0.15) is 11.8 Å². The predicted octanol–water partition coefficient (Wildman–Crippen LogP) is 2.69. The van der Waals surface area contributed by atoms with Crippen LogP contribution in [0.15, 0.2) is 48.8 Å². The Morgan fingerprint density at radius 3 is 3.00 bits per heavy atom. The van der Waals surface area contributed by atoms with E-state index >= 15 is 0 Å². The van der Waals surface area contributed by atoms with E-state index in [-0.39, 0.29) is 11.6 Å². The van der Waals surface area contributed by atoms with E-state index in [2.05, 4.69) is 15.3 Å². The average molecular weight is 262 g/mol. The second kappa shape index (κ2) is 4.86. The fourth-order valence-electron chi connectivity index (χ4n) is 1.97. The largest absolute Gasteiger partial charge is 0.361 e. The number of rotatable bonds is 2. The van der Waals surface area contributed by atoms with Crippen molar-refractivity contribution >= 4 is 22.5 Å². The first kappa shape index (κ1) is 11.9. The number of nitrogens with zero attached hydrogens (tertiary/aromatic N) is 2. The summed E-state index contributed by atoms with van der Waals surface area (Å²) in [5, 5.41) is 12.6. The van der Waals surface area contributed by atoms with Crippen LogP contribution in [0.25, 0.3) is 10.9 Å². The molecule has 2 N–H and O–H groups in total. The molecule has 0 saturated heterocycles. The number of fused-ring (bicyclic) bond motifs is 1. The number of aromatic amines is 1. The molecule has 0 bridgehead atoms. The van der Waals surface area contributed by atoms with Gasteiger partial charge in [-0.1, -0.05) is 0 Å². The molecular weight excluding hydrogens is 252 g/mol. The van der Waals surface area contributed by atoms with Gasteiger partial charge in [0.2, 0.25) is 0 Å². The number of benzene rings is 1. The molecule has 1 amide bonds. The number of aromatic nitrogens is 2. The first-order valence-corrected chi connectivity index (χ1v) is 6.01. The fraction of sp³-hybridized carbons (Fsp3) is 0. The van der Waals surface area contributed by atoms with Gasteiger partial charge in [-0.05, 0) is 36.4 Å². The normalized spacial score (nSPS) is 10.2. The number of H-pyrrole nitrogens is 1. The fourth-order valence-corrected chi connectivity index (χ4v) is 1.97. The van der Waals surface area contributed by atoms with E-state index < -0.39 is 0 Å². The monoisotopic (exact) mass is 262 g/mol. The summed E-state index contributed by atoms with van der Waals surface area (Å²) in [5.74, 6) is -0.265. The van der Waals surface area contributed by atoms with Gasteiger partial charge in [-0.3, -0.25) is 4.79 Å². The van der Waals surface area contributed by atoms with Gasteiger partial charge in [0.25, 0.3) is 5.91 Å². The van der Waals surface area contributed by atoms with Crippen LogP contribution in [-0.2, 0) is 0 Å². The molecule has 2 aromatic heterocycles. The minimum absolute atomic E-state index is 0.221. The number of pyridine rings is 1. The minimum atomic E-state index is -0.265. The molecule has 5 heteroatoms. The number of carbonyl (C=O) groups is 1. The Labute approximate surface area is 114 Å². The van der Waals surface area contributed by atoms with Crippen LogP contribution in [-0.4, -0.2) is 15.9 Å². The van der Waals surface area contributed by atoms with Crippen LogP contribution in [0, 0.1) is 11.3 Å². The van der Waals surface area contributed by atoms with Crippen LogP contribution < -0.4 is 5.32 Å². The van der Waals surface area contributed by atoms with Crippen molar-refractivity contribution < 1.29 is 4.79 Å². The number of anilines is 1. The Morgan fingerprint density at radius 1 is 1.25 bits per heavy atom. The molecule has 0 aliphatic carbocycles. The van der Waals surface area contributed by atoms with Crippen molar-refractivity contribution in [3.05, 3.63) is 60.0 Å². The van der Waals surface area contributed by atoms with Crippen molar-refractivity contribution in [1.82, 2.24) is 9.97 Å². The van der Waals surface area contributed by atoms with Crippen molar-refractivity contribution in [2.24, 2.45) is 0 Å². The van der Waals surface area contributed by atoms with Gasteiger partial charge in [-0.25, -0.2) is 4.98 Å². The molecule has 2 heterocycles. The Morgan fingerprint density at radius 2 is 2.15 bits per heavy atom. The topological polar surface area (TPSA) is 81.6 Å². The highest BCUT2D eigenvalue weighted by atomic mass is 16.1. The average Bonchev–Trinajstić information content (AvgIpc) is 2.95. The molecule has 0 radical (unpaired) electrons. The van der Waals surface area contributed by atoms with Crippen molar-refractivity contribution in [3.8, 4) is 6.07 Å². The van der Waals surface area contributed by atoms with E-state index in [1.54, 1.807) is 6.07 Å². The van der Waals surface area contributed by atoms with E-state index in [9.17, 15) is 4.79 Å². The molecule has 0 saturated carbocycles. The SMILES string of the molecule is N#Cc1cc(C(=O)Nc2ccc3[nH]ccc3c2)ccn1. The third kappa shape index (κ3) is 2.22. The molecule has 0 spiro atoms. The number of carbonyl (C=O) groups excluding carboxylic acids is 1. The summed E-state index contributed by atoms with van der Waals surface area (Å²) < 4.78 is 0. The second-order valence-electron chi connectivity index (χ2n) is 4.28. The van der Waals surface area contributed by atoms with Crippen LogP contribution in [0.5, 0.6) is 0 Å². The van der Waals surface area contributed by atoms with Crippen LogP contribution in [0.3, 0.4) is 0 Å². The van der Waals surface area contributed by atoms with Crippen LogP contribution in [0.4, 0.5) is 5.69 Å². The first-order valence-electron chi connectivity index (χ1n) is 6.01. The van der Waals surface area contributed by atoms with Gasteiger partial charge in [-0.15, -0.1) is 0 Å². The zero-order valence-electron chi connectivity index (χ0n) is 10.4. The van der Waals surface area contributed by atoms with Gasteiger partial charge in [-0.2, -0.15) is 5.26 Å². The van der Waals surface area contributed by atoms with Crippen molar-refractivity contribution in [2.75, 3.05) is 5.32 Å². The lowest BCUT2D eigenvalue weighted by Crippen LogP contribution is -2.12. The predicted molar refractivity (Wildman–Crippen MR) is 75.2 cm³/mol. The minimum Gasteiger partial charge on any atom is -0.361 e. The molecule has 96 valence electrons. The van der Waals surface area contributed by atoms with Gasteiger partial charge in [0.05, 0.1) is 0 Å². The molecule has 20 heavy (non-hydrogen) atoms. The lowest BCUT2D eigenvalue weighted by atomic mass is 10.2. The number of hydrogen-bond acceptors (Lipinski definition) is 3. The summed E-state index contributed by atoms with van der Waals surface area (Å²) in [7, 11) is 0. The molecule has 3 aromatic rings. The van der Waals surface area contributed by atoms with Crippen molar-refractivity contribution in [3.63, 3.8) is 0 Å². The van der Waals surface area contributed by atoms with Gasteiger partial charge < -0.3 is 10.3 Å². The summed E-state index contributed by atoms with van der Waals surface area (Å²) in [4.78, 5) is 19.0. The van der Waals surface area contributed by atoms with Gasteiger partial charge in [0.15, 0.2) is 0 Å².